The van der Waals surface area contributed by atoms with Crippen LogP contribution in [0.15, 0.2) is 0 Å². The average Bonchev–Trinajstić information content (AvgIpc) is 2.35. The highest BCUT2D eigenvalue weighted by atomic mass is 16.4. The van der Waals surface area contributed by atoms with Gasteiger partial charge in [0.15, 0.2) is 0 Å². The Morgan fingerprint density at radius 3 is 1.95 bits per heavy atom. The highest BCUT2D eigenvalue weighted by molar-refractivity contribution is 5.75. The highest BCUT2D eigenvalue weighted by Gasteiger charge is 2.39. The Kier molecular flexibility index (Phi) is 7.84. The molecule has 1 rings (SSSR count). The fourth-order valence-corrected chi connectivity index (χ4v) is 3.12. The van der Waals surface area contributed by atoms with Crippen LogP contribution in [0.2, 0.25) is 0 Å². The molecule has 2 atom stereocenters. The summed E-state index contributed by atoms with van der Waals surface area (Å²) in [7, 11) is 0. The summed E-state index contributed by atoms with van der Waals surface area (Å²) < 4.78 is 0. The number of hydrogen-bond acceptors (Lipinski definition) is 5. The quantitative estimate of drug-likeness (QED) is 0.376. The number of carboxylic acid groups (broad SMARTS) is 2. The monoisotopic (exact) mass is 303 g/mol. The summed E-state index contributed by atoms with van der Waals surface area (Å²) in [5.41, 5.74) is 9.33. The maximum Gasteiger partial charge on any atom is 0.303 e. The van der Waals surface area contributed by atoms with E-state index in [9.17, 15) is 9.59 Å². The van der Waals surface area contributed by atoms with Gasteiger partial charge in [0, 0.05) is 6.04 Å². The van der Waals surface area contributed by atoms with E-state index in [1.54, 1.807) is 0 Å². The molecule has 2 unspecified atom stereocenters. The van der Waals surface area contributed by atoms with Gasteiger partial charge in [-0.2, -0.15) is 0 Å². The minimum absolute atomic E-state index is 0.263. The van der Waals surface area contributed by atoms with Crippen LogP contribution in [0, 0.1) is 10.8 Å². The van der Waals surface area contributed by atoms with Gasteiger partial charge in [-0.25, -0.2) is 0 Å². The van der Waals surface area contributed by atoms with Crippen LogP contribution in [-0.4, -0.2) is 34.7 Å². The molecule has 0 aliphatic heterocycles. The zero-order valence-electron chi connectivity index (χ0n) is 13.2. The summed E-state index contributed by atoms with van der Waals surface area (Å²) in [4.78, 5) is 19.3. The van der Waals surface area contributed by atoms with Crippen molar-refractivity contribution >= 4 is 11.9 Å². The topological polar surface area (TPSA) is 139 Å². The first-order valence-corrected chi connectivity index (χ1v) is 7.13. The lowest BCUT2D eigenvalue weighted by Gasteiger charge is -2.46. The van der Waals surface area contributed by atoms with Gasteiger partial charge in [-0.3, -0.25) is 20.9 Å². The van der Waals surface area contributed by atoms with Crippen molar-refractivity contribution in [2.75, 3.05) is 6.54 Å². The maximum absolute atomic E-state index is 9.64. The highest BCUT2D eigenvalue weighted by Crippen LogP contribution is 2.45. The zero-order chi connectivity index (χ0) is 16.7. The molecular formula is C14H29N3O4. The summed E-state index contributed by atoms with van der Waals surface area (Å²) in [6, 6.07) is 0.428. The Bertz CT molecular complexity index is 346. The first-order valence-electron chi connectivity index (χ1n) is 7.13. The molecular weight excluding hydrogens is 274 g/mol. The van der Waals surface area contributed by atoms with Crippen molar-refractivity contribution in [2.45, 2.75) is 58.9 Å². The van der Waals surface area contributed by atoms with Crippen LogP contribution in [0.25, 0.3) is 0 Å². The average molecular weight is 303 g/mol. The van der Waals surface area contributed by atoms with Crippen LogP contribution < -0.4 is 17.0 Å². The molecule has 1 saturated carbocycles. The Labute approximate surface area is 126 Å². The van der Waals surface area contributed by atoms with E-state index in [-0.39, 0.29) is 18.3 Å². The van der Waals surface area contributed by atoms with Gasteiger partial charge >= 0.3 is 11.9 Å². The van der Waals surface area contributed by atoms with Gasteiger partial charge in [-0.05, 0) is 36.6 Å². The lowest BCUT2D eigenvalue weighted by Crippen LogP contribution is -2.49. The summed E-state index contributed by atoms with van der Waals surface area (Å²) in [6.45, 7) is 7.61. The van der Waals surface area contributed by atoms with Crippen LogP contribution in [0.1, 0.15) is 52.9 Å². The van der Waals surface area contributed by atoms with Crippen LogP contribution >= 0.6 is 0 Å². The predicted octanol–water partition coefficient (Wildman–Crippen LogP) is 0.929. The third kappa shape index (κ3) is 8.64. The predicted molar refractivity (Wildman–Crippen MR) is 80.4 cm³/mol. The number of hydrogen-bond donors (Lipinski definition) is 5. The molecule has 0 spiro atoms. The van der Waals surface area contributed by atoms with Gasteiger partial charge in [0.05, 0.1) is 12.8 Å². The van der Waals surface area contributed by atoms with Gasteiger partial charge < -0.3 is 15.9 Å². The molecule has 7 N–H and O–H groups in total. The molecule has 0 amide bonds. The van der Waals surface area contributed by atoms with E-state index in [0.29, 0.717) is 11.5 Å². The molecule has 0 saturated heterocycles. The second kappa shape index (κ2) is 8.31. The van der Waals surface area contributed by atoms with Gasteiger partial charge in [-0.15, -0.1) is 0 Å². The molecule has 1 fully saturated rings. The number of rotatable bonds is 5. The second-order valence-corrected chi connectivity index (χ2v) is 6.92. The van der Waals surface area contributed by atoms with Gasteiger partial charge in [0.1, 0.15) is 0 Å². The van der Waals surface area contributed by atoms with Gasteiger partial charge in [0.25, 0.3) is 0 Å². The molecule has 21 heavy (non-hydrogen) atoms. The third-order valence-corrected chi connectivity index (χ3v) is 3.72. The summed E-state index contributed by atoms with van der Waals surface area (Å²) in [5, 5.41) is 15.8. The molecule has 0 aromatic heterocycles. The Balaban J connectivity index is 0.000000433. The number of nitrogens with one attached hydrogen (secondary N) is 1. The van der Waals surface area contributed by atoms with Crippen LogP contribution in [0.3, 0.4) is 0 Å². The van der Waals surface area contributed by atoms with E-state index in [1.807, 2.05) is 0 Å². The van der Waals surface area contributed by atoms with Crippen molar-refractivity contribution in [3.8, 4) is 0 Å². The van der Waals surface area contributed by atoms with Gasteiger partial charge in [0.2, 0.25) is 0 Å². The molecule has 0 bridgehead atoms. The maximum atomic E-state index is 9.64. The van der Waals surface area contributed by atoms with Crippen molar-refractivity contribution < 1.29 is 19.8 Å². The minimum atomic E-state index is -1.08. The molecule has 1 aliphatic rings. The Morgan fingerprint density at radius 2 is 1.62 bits per heavy atom. The standard InChI is InChI=1S/C10H23N3.C4H6O4/c1-9(2)4-8(13-12)5-10(3,6-9)7-11;5-3(6)1-2-4(7)8/h8,13H,4-7,11-12H2,1-3H3;1-2H2,(H,5,6)(H,7,8). The third-order valence-electron chi connectivity index (χ3n) is 3.72. The van der Waals surface area contributed by atoms with Crippen LogP contribution in [-0.2, 0) is 9.59 Å². The lowest BCUT2D eigenvalue weighted by molar-refractivity contribution is -0.143. The van der Waals surface area contributed by atoms with E-state index in [0.717, 1.165) is 19.4 Å². The summed E-state index contributed by atoms with van der Waals surface area (Å²) >= 11 is 0. The van der Waals surface area contributed by atoms with Gasteiger partial charge in [-0.1, -0.05) is 20.8 Å². The molecule has 0 heterocycles. The SMILES string of the molecule is CC1(C)CC(NN)CC(C)(CN)C1.O=C(O)CCC(=O)O. The first kappa shape index (κ1) is 19.8. The fraction of sp³-hybridized carbons (Fsp3) is 0.857. The minimum Gasteiger partial charge on any atom is -0.481 e. The molecule has 7 nitrogen and oxygen atoms in total. The number of carbonyl (C=O) groups is 2. The Hall–Kier alpha value is -1.18. The number of nitrogens with two attached hydrogens (primary N) is 2. The zero-order valence-corrected chi connectivity index (χ0v) is 13.2. The largest absolute Gasteiger partial charge is 0.481 e. The molecule has 0 aromatic carbocycles. The fourth-order valence-electron chi connectivity index (χ4n) is 3.12. The second-order valence-electron chi connectivity index (χ2n) is 6.92. The summed E-state index contributed by atoms with van der Waals surface area (Å²) in [6.07, 6.45) is 2.86. The summed E-state index contributed by atoms with van der Waals surface area (Å²) in [5.74, 6) is 3.36. The smallest absolute Gasteiger partial charge is 0.303 e. The lowest BCUT2D eigenvalue weighted by atomic mass is 9.63. The molecule has 7 heteroatoms. The normalized spacial score (nSPS) is 27.4. The van der Waals surface area contributed by atoms with E-state index < -0.39 is 11.9 Å². The van der Waals surface area contributed by atoms with Crippen LogP contribution in [0.5, 0.6) is 0 Å². The van der Waals surface area contributed by atoms with E-state index >= 15 is 0 Å². The van der Waals surface area contributed by atoms with Crippen molar-refractivity contribution in [1.82, 2.24) is 5.43 Å². The number of aliphatic carboxylic acids is 2. The van der Waals surface area contributed by atoms with Crippen molar-refractivity contribution in [3.05, 3.63) is 0 Å². The molecule has 0 radical (unpaired) electrons. The Morgan fingerprint density at radius 1 is 1.14 bits per heavy atom. The van der Waals surface area contributed by atoms with Crippen molar-refractivity contribution in [2.24, 2.45) is 22.4 Å². The van der Waals surface area contributed by atoms with Crippen molar-refractivity contribution in [3.63, 3.8) is 0 Å². The van der Waals surface area contributed by atoms with E-state index in [2.05, 4.69) is 26.2 Å². The first-order chi connectivity index (χ1) is 9.53. The molecule has 124 valence electrons. The number of carboxylic acids is 2. The molecule has 0 aromatic rings. The van der Waals surface area contributed by atoms with Crippen LogP contribution in [0.4, 0.5) is 0 Å². The molecule has 1 aliphatic carbocycles. The number of hydrazine groups is 1. The van der Waals surface area contributed by atoms with Crippen molar-refractivity contribution in [1.29, 1.82) is 0 Å². The van der Waals surface area contributed by atoms with E-state index in [1.165, 1.54) is 6.42 Å². The van der Waals surface area contributed by atoms with E-state index in [4.69, 9.17) is 21.8 Å².